The SMILES string of the molecule is CNC(CC(C)=O)c1cc(F)c(OC)cc1F. The normalized spacial score (nSPS) is 12.3. The van der Waals surface area contributed by atoms with Crippen molar-refractivity contribution in [1.82, 2.24) is 5.32 Å². The quantitative estimate of drug-likeness (QED) is 0.861. The number of Topliss-reactive ketones (excluding diaryl/α,β-unsaturated/α-hetero) is 1. The van der Waals surface area contributed by atoms with Crippen LogP contribution in [0.2, 0.25) is 0 Å². The molecule has 0 spiro atoms. The molecule has 0 aliphatic carbocycles. The molecule has 1 aromatic carbocycles. The predicted molar refractivity (Wildman–Crippen MR) is 60.0 cm³/mol. The first-order valence-corrected chi connectivity index (χ1v) is 5.19. The fraction of sp³-hybridized carbons (Fsp3) is 0.417. The van der Waals surface area contributed by atoms with E-state index in [2.05, 4.69) is 10.1 Å². The van der Waals surface area contributed by atoms with Crippen molar-refractivity contribution in [1.29, 1.82) is 0 Å². The van der Waals surface area contributed by atoms with Crippen molar-refractivity contribution >= 4 is 5.78 Å². The summed E-state index contributed by atoms with van der Waals surface area (Å²) < 4.78 is 31.8. The summed E-state index contributed by atoms with van der Waals surface area (Å²) in [6.07, 6.45) is 0.110. The zero-order valence-electron chi connectivity index (χ0n) is 10.0. The second-order valence-electron chi connectivity index (χ2n) is 3.76. The van der Waals surface area contributed by atoms with Gasteiger partial charge in [0, 0.05) is 24.1 Å². The van der Waals surface area contributed by atoms with Crippen LogP contribution < -0.4 is 10.1 Å². The molecule has 0 saturated heterocycles. The standard InChI is InChI=1S/C12H15F2NO2/c1-7(16)4-11(15-2)8-5-10(14)12(17-3)6-9(8)13/h5-6,11,15H,4H2,1-3H3. The Labute approximate surface area is 98.8 Å². The highest BCUT2D eigenvalue weighted by Gasteiger charge is 2.19. The van der Waals surface area contributed by atoms with E-state index in [1.807, 2.05) is 0 Å². The summed E-state index contributed by atoms with van der Waals surface area (Å²) in [7, 11) is 2.86. The molecule has 0 bridgehead atoms. The zero-order valence-corrected chi connectivity index (χ0v) is 10.0. The molecule has 0 amide bonds. The Balaban J connectivity index is 3.11. The third-order valence-electron chi connectivity index (χ3n) is 2.49. The van der Waals surface area contributed by atoms with Crippen LogP contribution in [-0.2, 0) is 4.79 Å². The number of halogens is 2. The first-order valence-electron chi connectivity index (χ1n) is 5.19. The largest absolute Gasteiger partial charge is 0.494 e. The molecule has 94 valence electrons. The fourth-order valence-corrected chi connectivity index (χ4v) is 1.62. The Bertz CT molecular complexity index is 421. The van der Waals surface area contributed by atoms with Crippen LogP contribution in [0.15, 0.2) is 12.1 Å². The van der Waals surface area contributed by atoms with E-state index in [4.69, 9.17) is 0 Å². The Hall–Kier alpha value is -1.49. The predicted octanol–water partition coefficient (Wildman–Crippen LogP) is 2.21. The first-order chi connectivity index (χ1) is 7.99. The minimum Gasteiger partial charge on any atom is -0.494 e. The average Bonchev–Trinajstić information content (AvgIpc) is 2.28. The molecule has 0 radical (unpaired) electrons. The van der Waals surface area contributed by atoms with Gasteiger partial charge in [-0.25, -0.2) is 8.78 Å². The van der Waals surface area contributed by atoms with Crippen LogP contribution in [0.5, 0.6) is 5.75 Å². The number of carbonyl (C=O) groups is 1. The van der Waals surface area contributed by atoms with Crippen LogP contribution in [0, 0.1) is 11.6 Å². The molecule has 0 aliphatic rings. The topological polar surface area (TPSA) is 38.3 Å². The van der Waals surface area contributed by atoms with Gasteiger partial charge in [0.1, 0.15) is 11.6 Å². The molecule has 1 atom stereocenters. The zero-order chi connectivity index (χ0) is 13.0. The van der Waals surface area contributed by atoms with Gasteiger partial charge < -0.3 is 10.1 Å². The van der Waals surface area contributed by atoms with Gasteiger partial charge in [-0.3, -0.25) is 4.79 Å². The summed E-state index contributed by atoms with van der Waals surface area (Å²) >= 11 is 0. The molecule has 17 heavy (non-hydrogen) atoms. The van der Waals surface area contributed by atoms with Crippen molar-refractivity contribution in [3.63, 3.8) is 0 Å². The lowest BCUT2D eigenvalue weighted by Crippen LogP contribution is -2.20. The van der Waals surface area contributed by atoms with Crippen LogP contribution >= 0.6 is 0 Å². The summed E-state index contributed by atoms with van der Waals surface area (Å²) in [5, 5.41) is 2.79. The van der Waals surface area contributed by atoms with Gasteiger partial charge in [0.25, 0.3) is 0 Å². The lowest BCUT2D eigenvalue weighted by molar-refractivity contribution is -0.117. The number of hydrogen-bond acceptors (Lipinski definition) is 3. The smallest absolute Gasteiger partial charge is 0.165 e. The fourth-order valence-electron chi connectivity index (χ4n) is 1.62. The highest BCUT2D eigenvalue weighted by Crippen LogP contribution is 2.26. The Morgan fingerprint density at radius 2 is 2.06 bits per heavy atom. The Morgan fingerprint density at radius 3 is 2.53 bits per heavy atom. The van der Waals surface area contributed by atoms with E-state index in [9.17, 15) is 13.6 Å². The molecule has 0 aromatic heterocycles. The second-order valence-corrected chi connectivity index (χ2v) is 3.76. The van der Waals surface area contributed by atoms with Crippen LogP contribution in [0.4, 0.5) is 8.78 Å². The van der Waals surface area contributed by atoms with Gasteiger partial charge in [-0.2, -0.15) is 0 Å². The maximum absolute atomic E-state index is 13.7. The Kier molecular flexibility index (Phi) is 4.57. The number of nitrogens with one attached hydrogen (secondary N) is 1. The molecule has 3 nitrogen and oxygen atoms in total. The molecule has 0 aliphatic heterocycles. The molecular weight excluding hydrogens is 228 g/mol. The van der Waals surface area contributed by atoms with E-state index in [1.165, 1.54) is 14.0 Å². The first kappa shape index (κ1) is 13.6. The third-order valence-corrected chi connectivity index (χ3v) is 2.49. The van der Waals surface area contributed by atoms with Crippen molar-refractivity contribution in [2.24, 2.45) is 0 Å². The molecule has 1 N–H and O–H groups in total. The maximum atomic E-state index is 13.7. The van der Waals surface area contributed by atoms with Crippen molar-refractivity contribution in [3.05, 3.63) is 29.3 Å². The van der Waals surface area contributed by atoms with Gasteiger partial charge in [0.05, 0.1) is 7.11 Å². The number of ketones is 1. The summed E-state index contributed by atoms with van der Waals surface area (Å²) in [5.74, 6) is -1.49. The number of carbonyl (C=O) groups excluding carboxylic acids is 1. The van der Waals surface area contributed by atoms with E-state index in [0.717, 1.165) is 12.1 Å². The summed E-state index contributed by atoms with van der Waals surface area (Å²) in [5.41, 5.74) is 0.126. The Morgan fingerprint density at radius 1 is 1.41 bits per heavy atom. The number of rotatable bonds is 5. The van der Waals surface area contributed by atoms with Gasteiger partial charge in [-0.1, -0.05) is 0 Å². The van der Waals surface area contributed by atoms with Gasteiger partial charge >= 0.3 is 0 Å². The van der Waals surface area contributed by atoms with Gasteiger partial charge in [-0.05, 0) is 20.0 Å². The van der Waals surface area contributed by atoms with Crippen LogP contribution in [0.25, 0.3) is 0 Å². The van der Waals surface area contributed by atoms with E-state index in [-0.39, 0.29) is 23.5 Å². The van der Waals surface area contributed by atoms with Crippen molar-refractivity contribution in [3.8, 4) is 5.75 Å². The number of benzene rings is 1. The highest BCUT2D eigenvalue weighted by atomic mass is 19.1. The lowest BCUT2D eigenvalue weighted by atomic mass is 10.0. The van der Waals surface area contributed by atoms with Gasteiger partial charge in [0.2, 0.25) is 0 Å². The van der Waals surface area contributed by atoms with Crippen LogP contribution in [0.1, 0.15) is 24.9 Å². The van der Waals surface area contributed by atoms with E-state index in [0.29, 0.717) is 0 Å². The van der Waals surface area contributed by atoms with Crippen LogP contribution in [-0.4, -0.2) is 19.9 Å². The van der Waals surface area contributed by atoms with Crippen molar-refractivity contribution in [2.75, 3.05) is 14.2 Å². The molecule has 1 aromatic rings. The van der Waals surface area contributed by atoms with Crippen molar-refractivity contribution < 1.29 is 18.3 Å². The van der Waals surface area contributed by atoms with E-state index < -0.39 is 17.7 Å². The summed E-state index contributed by atoms with van der Waals surface area (Å²) in [6.45, 7) is 1.40. The second kappa shape index (κ2) is 5.72. The van der Waals surface area contributed by atoms with Crippen molar-refractivity contribution in [2.45, 2.75) is 19.4 Å². The number of ether oxygens (including phenoxy) is 1. The summed E-state index contributed by atoms with van der Waals surface area (Å²) in [6, 6.07) is 1.50. The molecule has 5 heteroatoms. The lowest BCUT2D eigenvalue weighted by Gasteiger charge is -2.16. The van der Waals surface area contributed by atoms with Gasteiger partial charge in [0.15, 0.2) is 11.6 Å². The highest BCUT2D eigenvalue weighted by molar-refractivity contribution is 5.76. The molecule has 0 heterocycles. The monoisotopic (exact) mass is 243 g/mol. The molecule has 1 rings (SSSR count). The molecule has 0 fully saturated rings. The molecule has 0 saturated carbocycles. The molecular formula is C12H15F2NO2. The van der Waals surface area contributed by atoms with E-state index in [1.54, 1.807) is 7.05 Å². The number of hydrogen-bond donors (Lipinski definition) is 1. The minimum atomic E-state index is -0.646. The summed E-state index contributed by atoms with van der Waals surface area (Å²) in [4.78, 5) is 11.0. The minimum absolute atomic E-state index is 0.0972. The maximum Gasteiger partial charge on any atom is 0.165 e. The third kappa shape index (κ3) is 3.23. The average molecular weight is 243 g/mol. The van der Waals surface area contributed by atoms with Gasteiger partial charge in [-0.15, -0.1) is 0 Å². The number of methoxy groups -OCH3 is 1. The van der Waals surface area contributed by atoms with E-state index >= 15 is 0 Å². The van der Waals surface area contributed by atoms with Crippen LogP contribution in [0.3, 0.4) is 0 Å². The molecule has 1 unspecified atom stereocenters.